The van der Waals surface area contributed by atoms with Crippen LogP contribution in [0, 0.1) is 0 Å². The average Bonchev–Trinajstić information content (AvgIpc) is 2.84. The zero-order valence-corrected chi connectivity index (χ0v) is 12.2. The molecule has 0 spiro atoms. The van der Waals surface area contributed by atoms with Gasteiger partial charge >= 0.3 is 5.97 Å². The molecule has 0 radical (unpaired) electrons. The lowest BCUT2D eigenvalue weighted by atomic mass is 10.2. The van der Waals surface area contributed by atoms with Gasteiger partial charge < -0.3 is 15.3 Å². The van der Waals surface area contributed by atoms with Gasteiger partial charge in [0.25, 0.3) is 0 Å². The minimum absolute atomic E-state index is 0.0463. The number of hydrogen-bond acceptors (Lipinski definition) is 5. The summed E-state index contributed by atoms with van der Waals surface area (Å²) < 4.78 is 0. The lowest BCUT2D eigenvalue weighted by molar-refractivity contribution is -0.149. The molecule has 1 aliphatic heterocycles. The van der Waals surface area contributed by atoms with Gasteiger partial charge in [-0.15, -0.1) is 0 Å². The molecule has 0 aromatic carbocycles. The molecule has 20 heavy (non-hydrogen) atoms. The topological polar surface area (TPSA) is 104 Å². The highest BCUT2D eigenvalue weighted by molar-refractivity contribution is 8.14. The molecule has 0 aromatic heterocycles. The molecule has 7 nitrogen and oxygen atoms in total. The zero-order valence-electron chi connectivity index (χ0n) is 11.4. The predicted molar refractivity (Wildman–Crippen MR) is 73.1 cm³/mol. The number of hydrogen-bond donors (Lipinski definition) is 2. The summed E-state index contributed by atoms with van der Waals surface area (Å²) in [7, 11) is 0. The van der Waals surface area contributed by atoms with Gasteiger partial charge in [-0.25, -0.2) is 4.79 Å². The van der Waals surface area contributed by atoms with E-state index in [0.29, 0.717) is 19.4 Å². The summed E-state index contributed by atoms with van der Waals surface area (Å²) in [5.74, 6) is -1.90. The van der Waals surface area contributed by atoms with Crippen LogP contribution in [0.4, 0.5) is 0 Å². The lowest BCUT2D eigenvalue weighted by Gasteiger charge is -2.25. The van der Waals surface area contributed by atoms with Gasteiger partial charge in [-0.2, -0.15) is 0 Å². The molecule has 1 fully saturated rings. The Balaban J connectivity index is 2.52. The van der Waals surface area contributed by atoms with Crippen LogP contribution in [-0.4, -0.2) is 57.3 Å². The maximum absolute atomic E-state index is 12.1. The van der Waals surface area contributed by atoms with Crippen molar-refractivity contribution in [3.8, 4) is 0 Å². The fourth-order valence-corrected chi connectivity index (χ4v) is 2.47. The third-order valence-electron chi connectivity index (χ3n) is 2.98. The molecular weight excluding hydrogens is 284 g/mol. The number of nitrogens with one attached hydrogen (secondary N) is 1. The lowest BCUT2D eigenvalue weighted by Crippen LogP contribution is -2.50. The van der Waals surface area contributed by atoms with E-state index in [4.69, 9.17) is 5.11 Å². The van der Waals surface area contributed by atoms with Gasteiger partial charge in [0.2, 0.25) is 11.8 Å². The van der Waals surface area contributed by atoms with Crippen LogP contribution in [0.2, 0.25) is 0 Å². The van der Waals surface area contributed by atoms with Crippen molar-refractivity contribution in [2.45, 2.75) is 38.8 Å². The van der Waals surface area contributed by atoms with Crippen molar-refractivity contribution in [2.24, 2.45) is 0 Å². The van der Waals surface area contributed by atoms with Gasteiger partial charge in [-0.3, -0.25) is 14.4 Å². The molecule has 8 heteroatoms. The average molecular weight is 302 g/mol. The highest BCUT2D eigenvalue weighted by Gasteiger charge is 2.36. The van der Waals surface area contributed by atoms with E-state index in [1.165, 1.54) is 18.7 Å². The van der Waals surface area contributed by atoms with E-state index >= 15 is 0 Å². The van der Waals surface area contributed by atoms with Crippen molar-refractivity contribution < 1.29 is 24.3 Å². The molecule has 0 aromatic rings. The van der Waals surface area contributed by atoms with Crippen molar-refractivity contribution >= 4 is 34.7 Å². The summed E-state index contributed by atoms with van der Waals surface area (Å²) in [6.45, 7) is 3.25. The number of likely N-dealkylation sites (tertiary alicyclic amines) is 1. The zero-order chi connectivity index (χ0) is 15.3. The molecular formula is C12H18N2O5S. The third-order valence-corrected chi connectivity index (χ3v) is 3.79. The highest BCUT2D eigenvalue weighted by atomic mass is 32.2. The Bertz CT molecular complexity index is 426. The number of rotatable bonds is 5. The van der Waals surface area contributed by atoms with Crippen LogP contribution in [0.5, 0.6) is 0 Å². The molecule has 1 heterocycles. The number of carboxylic acids is 1. The standard InChI is InChI=1S/C12H18N2O5S/c1-7(13-10(16)6-20-8(2)15)11(17)14-5-3-4-9(14)12(18)19/h7,9H,3-6H2,1-2H3,(H,13,16)(H,18,19)/t7-,9-/m0/s1. The number of nitrogens with zero attached hydrogens (tertiary/aromatic N) is 1. The SMILES string of the molecule is CC(=O)SCC(=O)N[C@@H](C)C(=O)N1CCC[C@H]1C(=O)O. The largest absolute Gasteiger partial charge is 0.480 e. The maximum Gasteiger partial charge on any atom is 0.326 e. The number of thioether (sulfide) groups is 1. The molecule has 2 amide bonds. The van der Waals surface area contributed by atoms with Crippen LogP contribution < -0.4 is 5.32 Å². The minimum atomic E-state index is -1.03. The monoisotopic (exact) mass is 302 g/mol. The maximum atomic E-state index is 12.1. The smallest absolute Gasteiger partial charge is 0.326 e. The highest BCUT2D eigenvalue weighted by Crippen LogP contribution is 2.18. The van der Waals surface area contributed by atoms with E-state index in [9.17, 15) is 19.2 Å². The van der Waals surface area contributed by atoms with Crippen molar-refractivity contribution in [1.82, 2.24) is 10.2 Å². The van der Waals surface area contributed by atoms with Gasteiger partial charge in [0, 0.05) is 13.5 Å². The Morgan fingerprint density at radius 2 is 2.05 bits per heavy atom. The first kappa shape index (κ1) is 16.5. The summed E-state index contributed by atoms with van der Waals surface area (Å²) in [4.78, 5) is 46.7. The Kier molecular flexibility index (Phi) is 6.00. The number of carboxylic acid groups (broad SMARTS) is 1. The second-order valence-corrected chi connectivity index (χ2v) is 5.75. The first-order valence-electron chi connectivity index (χ1n) is 6.29. The molecule has 0 aliphatic carbocycles. The van der Waals surface area contributed by atoms with E-state index in [1.807, 2.05) is 0 Å². The molecule has 0 saturated carbocycles. The first-order chi connectivity index (χ1) is 9.32. The normalized spacial score (nSPS) is 19.5. The van der Waals surface area contributed by atoms with E-state index in [-0.39, 0.29) is 10.9 Å². The summed E-state index contributed by atoms with van der Waals surface area (Å²) in [5, 5.41) is 11.3. The van der Waals surface area contributed by atoms with Gasteiger partial charge in [0.05, 0.1) is 5.75 Å². The number of carbonyl (C=O) groups is 4. The Hall–Kier alpha value is -1.57. The summed E-state index contributed by atoms with van der Waals surface area (Å²) in [5.41, 5.74) is 0. The number of amides is 2. The van der Waals surface area contributed by atoms with E-state index < -0.39 is 29.9 Å². The number of carbonyl (C=O) groups excluding carboxylic acids is 3. The van der Waals surface area contributed by atoms with Crippen LogP contribution in [0.1, 0.15) is 26.7 Å². The third kappa shape index (κ3) is 4.52. The fourth-order valence-electron chi connectivity index (χ4n) is 2.05. The van der Waals surface area contributed by atoms with E-state index in [0.717, 1.165) is 11.8 Å². The van der Waals surface area contributed by atoms with Crippen LogP contribution in [0.25, 0.3) is 0 Å². The van der Waals surface area contributed by atoms with Crippen molar-refractivity contribution in [3.05, 3.63) is 0 Å². The van der Waals surface area contributed by atoms with Crippen LogP contribution in [-0.2, 0) is 19.2 Å². The van der Waals surface area contributed by atoms with Crippen molar-refractivity contribution in [2.75, 3.05) is 12.3 Å². The second-order valence-electron chi connectivity index (χ2n) is 4.60. The molecule has 2 atom stereocenters. The molecule has 1 rings (SSSR count). The van der Waals surface area contributed by atoms with Gasteiger partial charge in [-0.05, 0) is 19.8 Å². The first-order valence-corrected chi connectivity index (χ1v) is 7.27. The molecule has 2 N–H and O–H groups in total. The van der Waals surface area contributed by atoms with Gasteiger partial charge in [-0.1, -0.05) is 11.8 Å². The van der Waals surface area contributed by atoms with Crippen molar-refractivity contribution in [3.63, 3.8) is 0 Å². The number of aliphatic carboxylic acids is 1. The van der Waals surface area contributed by atoms with Crippen molar-refractivity contribution in [1.29, 1.82) is 0 Å². The van der Waals surface area contributed by atoms with E-state index in [1.54, 1.807) is 0 Å². The Labute approximate surface area is 121 Å². The molecule has 0 unspecified atom stereocenters. The fraction of sp³-hybridized carbons (Fsp3) is 0.667. The van der Waals surface area contributed by atoms with Crippen LogP contribution >= 0.6 is 11.8 Å². The minimum Gasteiger partial charge on any atom is -0.480 e. The molecule has 112 valence electrons. The summed E-state index contributed by atoms with van der Waals surface area (Å²) in [6.07, 6.45) is 1.07. The van der Waals surface area contributed by atoms with Crippen LogP contribution in [0.3, 0.4) is 0 Å². The summed E-state index contributed by atoms with van der Waals surface area (Å²) >= 11 is 0.861. The second kappa shape index (κ2) is 7.28. The van der Waals surface area contributed by atoms with Gasteiger partial charge in [0.1, 0.15) is 12.1 Å². The Morgan fingerprint density at radius 3 is 2.60 bits per heavy atom. The molecule has 0 bridgehead atoms. The predicted octanol–water partition coefficient (Wildman–Crippen LogP) is -0.154. The summed E-state index contributed by atoms with van der Waals surface area (Å²) in [6, 6.07) is -1.61. The molecule has 1 aliphatic rings. The van der Waals surface area contributed by atoms with Gasteiger partial charge in [0.15, 0.2) is 5.12 Å². The van der Waals surface area contributed by atoms with Crippen LogP contribution in [0.15, 0.2) is 0 Å². The van der Waals surface area contributed by atoms with E-state index in [2.05, 4.69) is 5.32 Å². The molecule has 1 saturated heterocycles. The quantitative estimate of drug-likeness (QED) is 0.732. The Morgan fingerprint density at radius 1 is 1.40 bits per heavy atom.